The molecular weight excluding hydrogens is 246 g/mol. The maximum Gasteiger partial charge on any atom is 0.299 e. The van der Waals surface area contributed by atoms with Gasteiger partial charge in [-0.1, -0.05) is 13.8 Å². The number of benzene rings is 1. The standard InChI is InChI=1S/C14H15NO4/c1-8(2)12(16)7-15-11-5-4-9(19-3)6-10(11)13(17)14(15)18/h4-6,8H,7H2,1-3H3. The fourth-order valence-electron chi connectivity index (χ4n) is 1.90. The summed E-state index contributed by atoms with van der Waals surface area (Å²) in [6.07, 6.45) is 0. The zero-order chi connectivity index (χ0) is 14.2. The maximum atomic E-state index is 11.9. The fourth-order valence-corrected chi connectivity index (χ4v) is 1.90. The zero-order valence-electron chi connectivity index (χ0n) is 11.1. The van der Waals surface area contributed by atoms with E-state index in [-0.39, 0.29) is 18.2 Å². The number of carbonyl (C=O) groups excluding carboxylic acids is 3. The molecule has 19 heavy (non-hydrogen) atoms. The lowest BCUT2D eigenvalue weighted by molar-refractivity contribution is -0.122. The number of carbonyl (C=O) groups is 3. The molecule has 5 nitrogen and oxygen atoms in total. The number of anilines is 1. The van der Waals surface area contributed by atoms with Gasteiger partial charge in [0.1, 0.15) is 5.75 Å². The molecule has 0 unspecified atom stereocenters. The van der Waals surface area contributed by atoms with Gasteiger partial charge in [0.15, 0.2) is 5.78 Å². The van der Waals surface area contributed by atoms with Crippen molar-refractivity contribution in [1.82, 2.24) is 0 Å². The van der Waals surface area contributed by atoms with E-state index in [0.29, 0.717) is 17.0 Å². The third-order valence-electron chi connectivity index (χ3n) is 3.14. The van der Waals surface area contributed by atoms with E-state index in [1.54, 1.807) is 26.0 Å². The molecule has 5 heteroatoms. The first-order chi connectivity index (χ1) is 8.95. The van der Waals surface area contributed by atoms with Crippen molar-refractivity contribution < 1.29 is 19.1 Å². The van der Waals surface area contributed by atoms with Crippen LogP contribution in [-0.2, 0) is 9.59 Å². The highest BCUT2D eigenvalue weighted by Gasteiger charge is 2.37. The molecule has 0 spiro atoms. The summed E-state index contributed by atoms with van der Waals surface area (Å²) in [5.41, 5.74) is 0.769. The quantitative estimate of drug-likeness (QED) is 0.769. The Morgan fingerprint density at radius 3 is 2.58 bits per heavy atom. The molecule has 1 amide bonds. The molecule has 1 heterocycles. The number of amides is 1. The van der Waals surface area contributed by atoms with Gasteiger partial charge in [-0.2, -0.15) is 0 Å². The number of hydrogen-bond donors (Lipinski definition) is 0. The largest absolute Gasteiger partial charge is 0.497 e. The molecule has 0 aliphatic carbocycles. The van der Waals surface area contributed by atoms with Gasteiger partial charge in [-0.25, -0.2) is 0 Å². The highest BCUT2D eigenvalue weighted by molar-refractivity contribution is 6.52. The van der Waals surface area contributed by atoms with Gasteiger partial charge in [0.2, 0.25) is 0 Å². The van der Waals surface area contributed by atoms with Crippen molar-refractivity contribution in [3.05, 3.63) is 23.8 Å². The number of ether oxygens (including phenoxy) is 1. The smallest absolute Gasteiger partial charge is 0.299 e. The van der Waals surface area contributed by atoms with E-state index < -0.39 is 11.7 Å². The average molecular weight is 261 g/mol. The van der Waals surface area contributed by atoms with E-state index in [9.17, 15) is 14.4 Å². The second-order valence-corrected chi connectivity index (χ2v) is 4.72. The van der Waals surface area contributed by atoms with E-state index in [1.165, 1.54) is 18.1 Å². The summed E-state index contributed by atoms with van der Waals surface area (Å²) >= 11 is 0. The second kappa shape index (κ2) is 4.84. The van der Waals surface area contributed by atoms with Crippen molar-refractivity contribution in [2.45, 2.75) is 13.8 Å². The predicted octanol–water partition coefficient (Wildman–Crippen LogP) is 1.45. The Balaban J connectivity index is 2.37. The molecular formula is C14H15NO4. The van der Waals surface area contributed by atoms with E-state index in [4.69, 9.17) is 4.74 Å². The molecule has 1 aromatic carbocycles. The third kappa shape index (κ3) is 2.23. The van der Waals surface area contributed by atoms with Crippen molar-refractivity contribution in [2.75, 3.05) is 18.6 Å². The van der Waals surface area contributed by atoms with Crippen molar-refractivity contribution in [1.29, 1.82) is 0 Å². The minimum Gasteiger partial charge on any atom is -0.497 e. The Hall–Kier alpha value is -2.17. The van der Waals surface area contributed by atoms with Gasteiger partial charge in [-0.3, -0.25) is 19.3 Å². The molecule has 1 aromatic rings. The predicted molar refractivity (Wildman–Crippen MR) is 69.5 cm³/mol. The molecule has 0 radical (unpaired) electrons. The van der Waals surface area contributed by atoms with Gasteiger partial charge in [0.05, 0.1) is 24.9 Å². The topological polar surface area (TPSA) is 63.7 Å². The number of Topliss-reactive ketones (excluding diaryl/α,β-unsaturated/α-hetero) is 2. The Morgan fingerprint density at radius 2 is 2.00 bits per heavy atom. The first kappa shape index (κ1) is 13.3. The molecule has 0 bridgehead atoms. The molecule has 1 aliphatic heterocycles. The number of hydrogen-bond acceptors (Lipinski definition) is 4. The van der Waals surface area contributed by atoms with E-state index in [0.717, 1.165) is 0 Å². The van der Waals surface area contributed by atoms with E-state index in [2.05, 4.69) is 0 Å². The van der Waals surface area contributed by atoms with Crippen LogP contribution < -0.4 is 9.64 Å². The van der Waals surface area contributed by atoms with Gasteiger partial charge < -0.3 is 4.74 Å². The number of ketones is 2. The highest BCUT2D eigenvalue weighted by Crippen LogP contribution is 2.32. The number of rotatable bonds is 4. The lowest BCUT2D eigenvalue weighted by Crippen LogP contribution is -2.36. The van der Waals surface area contributed by atoms with Crippen LogP contribution in [0.25, 0.3) is 0 Å². The number of methoxy groups -OCH3 is 1. The molecule has 1 aliphatic rings. The van der Waals surface area contributed by atoms with Crippen LogP contribution >= 0.6 is 0 Å². The van der Waals surface area contributed by atoms with Crippen LogP contribution in [-0.4, -0.2) is 31.1 Å². The number of fused-ring (bicyclic) bond motifs is 1. The minimum atomic E-state index is -0.655. The first-order valence-corrected chi connectivity index (χ1v) is 6.02. The normalized spacial score (nSPS) is 14.0. The summed E-state index contributed by atoms with van der Waals surface area (Å²) in [6.45, 7) is 3.46. The Kier molecular flexibility index (Phi) is 3.38. The fraction of sp³-hybridized carbons (Fsp3) is 0.357. The molecule has 0 N–H and O–H groups in total. The van der Waals surface area contributed by atoms with Crippen LogP contribution in [0.2, 0.25) is 0 Å². The van der Waals surface area contributed by atoms with Crippen LogP contribution in [0.15, 0.2) is 18.2 Å². The SMILES string of the molecule is COc1ccc2c(c1)C(=O)C(=O)N2CC(=O)C(C)C. The summed E-state index contributed by atoms with van der Waals surface area (Å²) in [6, 6.07) is 4.82. The summed E-state index contributed by atoms with van der Waals surface area (Å²) in [7, 11) is 1.49. The van der Waals surface area contributed by atoms with Gasteiger partial charge >= 0.3 is 0 Å². The minimum absolute atomic E-state index is 0.0679. The molecule has 2 rings (SSSR count). The summed E-state index contributed by atoms with van der Waals surface area (Å²) in [5, 5.41) is 0. The zero-order valence-corrected chi connectivity index (χ0v) is 11.1. The molecule has 0 fully saturated rings. The number of nitrogens with zero attached hydrogens (tertiary/aromatic N) is 1. The third-order valence-corrected chi connectivity index (χ3v) is 3.14. The maximum absolute atomic E-state index is 11.9. The molecule has 100 valence electrons. The Bertz CT molecular complexity index is 563. The van der Waals surface area contributed by atoms with Crippen molar-refractivity contribution in [2.24, 2.45) is 5.92 Å². The lowest BCUT2D eigenvalue weighted by atomic mass is 10.1. The van der Waals surface area contributed by atoms with E-state index >= 15 is 0 Å². The van der Waals surface area contributed by atoms with Gasteiger partial charge in [0.25, 0.3) is 11.7 Å². The van der Waals surface area contributed by atoms with Crippen molar-refractivity contribution in [3.8, 4) is 5.75 Å². The summed E-state index contributed by atoms with van der Waals surface area (Å²) in [5.74, 6) is -0.991. The second-order valence-electron chi connectivity index (χ2n) is 4.72. The molecule has 0 saturated heterocycles. The average Bonchev–Trinajstić information content (AvgIpc) is 2.63. The van der Waals surface area contributed by atoms with Crippen LogP contribution in [0.4, 0.5) is 5.69 Å². The highest BCUT2D eigenvalue weighted by atomic mass is 16.5. The van der Waals surface area contributed by atoms with Crippen molar-refractivity contribution >= 4 is 23.2 Å². The summed E-state index contributed by atoms with van der Waals surface area (Å²) in [4.78, 5) is 36.8. The van der Waals surface area contributed by atoms with Gasteiger partial charge in [-0.15, -0.1) is 0 Å². The molecule has 0 saturated carbocycles. The monoisotopic (exact) mass is 261 g/mol. The Morgan fingerprint density at radius 1 is 1.32 bits per heavy atom. The van der Waals surface area contributed by atoms with E-state index in [1.807, 2.05) is 0 Å². The lowest BCUT2D eigenvalue weighted by Gasteiger charge is -2.16. The van der Waals surface area contributed by atoms with Crippen LogP contribution in [0.3, 0.4) is 0 Å². The Labute approximate surface area is 111 Å². The van der Waals surface area contributed by atoms with Gasteiger partial charge in [0, 0.05) is 5.92 Å². The van der Waals surface area contributed by atoms with Crippen molar-refractivity contribution in [3.63, 3.8) is 0 Å². The first-order valence-electron chi connectivity index (χ1n) is 6.02. The molecule has 0 atom stereocenters. The molecule has 0 aromatic heterocycles. The van der Waals surface area contributed by atoms with Gasteiger partial charge in [-0.05, 0) is 18.2 Å². The van der Waals surface area contributed by atoms with Crippen LogP contribution in [0.5, 0.6) is 5.75 Å². The van der Waals surface area contributed by atoms with Crippen LogP contribution in [0.1, 0.15) is 24.2 Å². The summed E-state index contributed by atoms with van der Waals surface area (Å²) < 4.78 is 5.03. The van der Waals surface area contributed by atoms with Crippen LogP contribution in [0, 0.1) is 5.92 Å².